The summed E-state index contributed by atoms with van der Waals surface area (Å²) in [5.41, 5.74) is 0. The van der Waals surface area contributed by atoms with Gasteiger partial charge in [-0.25, -0.2) is 0 Å². The van der Waals surface area contributed by atoms with Gasteiger partial charge in [-0.3, -0.25) is 0 Å². The zero-order valence-corrected chi connectivity index (χ0v) is 9.33. The van der Waals surface area contributed by atoms with E-state index in [4.69, 9.17) is 16.3 Å². The molecule has 1 saturated carbocycles. The molecule has 1 aromatic rings. The lowest BCUT2D eigenvalue weighted by Gasteiger charge is -2.23. The van der Waals surface area contributed by atoms with E-state index in [2.05, 4.69) is 0 Å². The highest BCUT2D eigenvalue weighted by atomic mass is 35.5. The molecule has 0 aliphatic heterocycles. The van der Waals surface area contributed by atoms with Crippen LogP contribution in [0.3, 0.4) is 0 Å². The number of phenolic OH excluding ortho intramolecular Hbond substituents is 1. The molecule has 0 heterocycles. The lowest BCUT2D eigenvalue weighted by Crippen LogP contribution is -2.19. The van der Waals surface area contributed by atoms with Crippen molar-refractivity contribution in [3.05, 3.63) is 23.2 Å². The van der Waals surface area contributed by atoms with Gasteiger partial charge in [0, 0.05) is 6.07 Å². The SMILES string of the molecule is Oc1ccc(OC2CCCCC2)c(Cl)c1. The molecule has 0 saturated heterocycles. The Morgan fingerprint density at radius 3 is 2.60 bits per heavy atom. The first-order valence-corrected chi connectivity index (χ1v) is 5.78. The predicted octanol–water partition coefficient (Wildman–Crippen LogP) is 3.76. The Morgan fingerprint density at radius 2 is 1.93 bits per heavy atom. The van der Waals surface area contributed by atoms with Crippen molar-refractivity contribution in [2.24, 2.45) is 0 Å². The van der Waals surface area contributed by atoms with Crippen molar-refractivity contribution in [3.8, 4) is 11.5 Å². The van der Waals surface area contributed by atoms with Crippen molar-refractivity contribution < 1.29 is 9.84 Å². The monoisotopic (exact) mass is 226 g/mol. The van der Waals surface area contributed by atoms with Crippen LogP contribution in [-0.4, -0.2) is 11.2 Å². The number of ether oxygens (including phenoxy) is 1. The molecule has 1 fully saturated rings. The average molecular weight is 227 g/mol. The molecule has 1 N–H and O–H groups in total. The fourth-order valence-electron chi connectivity index (χ4n) is 1.95. The number of hydrogen-bond donors (Lipinski definition) is 1. The molecule has 0 atom stereocenters. The minimum absolute atomic E-state index is 0.177. The minimum Gasteiger partial charge on any atom is -0.508 e. The molecule has 0 amide bonds. The largest absolute Gasteiger partial charge is 0.508 e. The molecular formula is C12H15ClO2. The molecule has 0 radical (unpaired) electrons. The predicted molar refractivity (Wildman–Crippen MR) is 60.6 cm³/mol. The summed E-state index contributed by atoms with van der Waals surface area (Å²) in [5.74, 6) is 0.859. The van der Waals surface area contributed by atoms with E-state index < -0.39 is 0 Å². The van der Waals surface area contributed by atoms with Gasteiger partial charge in [0.05, 0.1) is 11.1 Å². The third kappa shape index (κ3) is 2.78. The minimum atomic E-state index is 0.177. The quantitative estimate of drug-likeness (QED) is 0.832. The van der Waals surface area contributed by atoms with Crippen LogP contribution < -0.4 is 4.74 Å². The average Bonchev–Trinajstić information content (AvgIpc) is 2.24. The number of benzene rings is 1. The summed E-state index contributed by atoms with van der Waals surface area (Å²) in [6.45, 7) is 0. The van der Waals surface area contributed by atoms with Crippen LogP contribution in [0.1, 0.15) is 32.1 Å². The van der Waals surface area contributed by atoms with Gasteiger partial charge in [-0.15, -0.1) is 0 Å². The smallest absolute Gasteiger partial charge is 0.138 e. The van der Waals surface area contributed by atoms with Crippen LogP contribution in [0.5, 0.6) is 11.5 Å². The Labute approximate surface area is 94.8 Å². The fraction of sp³-hybridized carbons (Fsp3) is 0.500. The maximum absolute atomic E-state index is 9.20. The highest BCUT2D eigenvalue weighted by Crippen LogP contribution is 2.31. The molecule has 1 aliphatic rings. The van der Waals surface area contributed by atoms with Crippen molar-refractivity contribution in [2.45, 2.75) is 38.2 Å². The molecule has 2 rings (SSSR count). The molecule has 2 nitrogen and oxygen atoms in total. The summed E-state index contributed by atoms with van der Waals surface area (Å²) in [7, 11) is 0. The van der Waals surface area contributed by atoms with Crippen molar-refractivity contribution in [1.82, 2.24) is 0 Å². The zero-order chi connectivity index (χ0) is 10.7. The Morgan fingerprint density at radius 1 is 1.20 bits per heavy atom. The lowest BCUT2D eigenvalue weighted by molar-refractivity contribution is 0.155. The third-order valence-electron chi connectivity index (χ3n) is 2.76. The second kappa shape index (κ2) is 4.75. The second-order valence-corrected chi connectivity index (χ2v) is 4.40. The highest BCUT2D eigenvalue weighted by molar-refractivity contribution is 6.32. The van der Waals surface area contributed by atoms with Crippen LogP contribution in [0, 0.1) is 0 Å². The Hall–Kier alpha value is -0.890. The van der Waals surface area contributed by atoms with Gasteiger partial charge in [0.2, 0.25) is 0 Å². The van der Waals surface area contributed by atoms with Crippen LogP contribution in [0.4, 0.5) is 0 Å². The van der Waals surface area contributed by atoms with Crippen molar-refractivity contribution >= 4 is 11.6 Å². The number of hydrogen-bond acceptors (Lipinski definition) is 2. The van der Waals surface area contributed by atoms with Gasteiger partial charge in [0.15, 0.2) is 0 Å². The molecule has 1 aromatic carbocycles. The van der Waals surface area contributed by atoms with Gasteiger partial charge in [-0.1, -0.05) is 18.0 Å². The molecule has 0 unspecified atom stereocenters. The number of aromatic hydroxyl groups is 1. The van der Waals surface area contributed by atoms with Gasteiger partial charge in [0.25, 0.3) is 0 Å². The van der Waals surface area contributed by atoms with Gasteiger partial charge in [-0.2, -0.15) is 0 Å². The van der Waals surface area contributed by atoms with Crippen molar-refractivity contribution in [2.75, 3.05) is 0 Å². The highest BCUT2D eigenvalue weighted by Gasteiger charge is 2.16. The van der Waals surface area contributed by atoms with Gasteiger partial charge < -0.3 is 9.84 Å². The summed E-state index contributed by atoms with van der Waals surface area (Å²) in [6, 6.07) is 4.84. The van der Waals surface area contributed by atoms with E-state index in [1.54, 1.807) is 12.1 Å². The van der Waals surface area contributed by atoms with E-state index in [9.17, 15) is 5.11 Å². The van der Waals surface area contributed by atoms with E-state index in [1.165, 1.54) is 25.3 Å². The summed E-state index contributed by atoms with van der Waals surface area (Å²) in [6.07, 6.45) is 6.29. The van der Waals surface area contributed by atoms with E-state index in [0.717, 1.165) is 12.8 Å². The summed E-state index contributed by atoms with van der Waals surface area (Å²) >= 11 is 5.96. The summed E-state index contributed by atoms with van der Waals surface area (Å²) in [5, 5.41) is 9.69. The molecule has 1 aliphatic carbocycles. The first-order valence-electron chi connectivity index (χ1n) is 5.41. The van der Waals surface area contributed by atoms with Crippen LogP contribution in [-0.2, 0) is 0 Å². The maximum Gasteiger partial charge on any atom is 0.138 e. The molecule has 15 heavy (non-hydrogen) atoms. The topological polar surface area (TPSA) is 29.5 Å². The molecule has 0 aromatic heterocycles. The van der Waals surface area contributed by atoms with Gasteiger partial charge in [0.1, 0.15) is 11.5 Å². The van der Waals surface area contributed by atoms with Crippen LogP contribution in [0.15, 0.2) is 18.2 Å². The van der Waals surface area contributed by atoms with Crippen LogP contribution in [0.2, 0.25) is 5.02 Å². The maximum atomic E-state index is 9.20. The van der Waals surface area contributed by atoms with E-state index in [-0.39, 0.29) is 5.75 Å². The summed E-state index contributed by atoms with van der Waals surface area (Å²) in [4.78, 5) is 0. The molecule has 0 bridgehead atoms. The van der Waals surface area contributed by atoms with E-state index in [1.807, 2.05) is 0 Å². The second-order valence-electron chi connectivity index (χ2n) is 3.99. The Balaban J connectivity index is 2.03. The van der Waals surface area contributed by atoms with Crippen LogP contribution in [0.25, 0.3) is 0 Å². The summed E-state index contributed by atoms with van der Waals surface area (Å²) < 4.78 is 5.80. The molecule has 82 valence electrons. The molecule has 3 heteroatoms. The number of rotatable bonds is 2. The number of phenols is 1. The lowest BCUT2D eigenvalue weighted by atomic mass is 9.98. The van der Waals surface area contributed by atoms with Gasteiger partial charge in [-0.05, 0) is 37.8 Å². The van der Waals surface area contributed by atoms with Crippen molar-refractivity contribution in [1.29, 1.82) is 0 Å². The third-order valence-corrected chi connectivity index (χ3v) is 3.06. The fourth-order valence-corrected chi connectivity index (χ4v) is 2.17. The normalized spacial score (nSPS) is 17.7. The zero-order valence-electron chi connectivity index (χ0n) is 8.58. The number of halogens is 1. The Bertz CT molecular complexity index is 332. The Kier molecular flexibility index (Phi) is 3.37. The van der Waals surface area contributed by atoms with Crippen LogP contribution >= 0.6 is 11.6 Å². The van der Waals surface area contributed by atoms with E-state index in [0.29, 0.717) is 16.9 Å². The first-order chi connectivity index (χ1) is 7.25. The molecular weight excluding hydrogens is 212 g/mol. The van der Waals surface area contributed by atoms with Gasteiger partial charge >= 0.3 is 0 Å². The van der Waals surface area contributed by atoms with Crippen molar-refractivity contribution in [3.63, 3.8) is 0 Å². The van der Waals surface area contributed by atoms with E-state index >= 15 is 0 Å². The molecule has 0 spiro atoms. The standard InChI is InChI=1S/C12H15ClO2/c13-11-8-9(14)6-7-12(11)15-10-4-2-1-3-5-10/h6-8,10,14H,1-5H2. The first kappa shape index (κ1) is 10.6.